The van der Waals surface area contributed by atoms with Crippen molar-refractivity contribution in [2.24, 2.45) is 0 Å². The van der Waals surface area contributed by atoms with E-state index in [-0.39, 0.29) is 5.75 Å². The molecule has 0 atom stereocenters. The van der Waals surface area contributed by atoms with Gasteiger partial charge in [-0.05, 0) is 24.3 Å². The molecule has 2 aromatic carbocycles. The minimum Gasteiger partial charge on any atom is -0.447 e. The van der Waals surface area contributed by atoms with Crippen LogP contribution >= 0.6 is 11.6 Å². The summed E-state index contributed by atoms with van der Waals surface area (Å²) >= 11 is 5.66. The van der Waals surface area contributed by atoms with Gasteiger partial charge in [-0.3, -0.25) is 10.1 Å². The van der Waals surface area contributed by atoms with E-state index in [4.69, 9.17) is 16.3 Å². The number of nitrogens with zero attached hydrogens (tertiary/aromatic N) is 1. The van der Waals surface area contributed by atoms with E-state index in [1.807, 2.05) is 0 Å². The smallest absolute Gasteiger partial charge is 0.317 e. The van der Waals surface area contributed by atoms with Gasteiger partial charge in [0.1, 0.15) is 11.6 Å². The molecule has 19 heavy (non-hydrogen) atoms. The van der Waals surface area contributed by atoms with Crippen molar-refractivity contribution in [2.45, 2.75) is 0 Å². The normalized spacial score (nSPS) is 10.3. The zero-order chi connectivity index (χ0) is 14.0. The van der Waals surface area contributed by atoms with Crippen LogP contribution in [0.25, 0.3) is 0 Å². The van der Waals surface area contributed by atoms with Crippen LogP contribution < -0.4 is 4.74 Å². The maximum Gasteiger partial charge on any atom is 0.317 e. The number of rotatable bonds is 3. The largest absolute Gasteiger partial charge is 0.447 e. The molecule has 0 saturated carbocycles. The van der Waals surface area contributed by atoms with E-state index < -0.39 is 28.0 Å². The lowest BCUT2D eigenvalue weighted by molar-refractivity contribution is -0.386. The number of hydrogen-bond donors (Lipinski definition) is 0. The van der Waals surface area contributed by atoms with Gasteiger partial charge in [-0.1, -0.05) is 11.6 Å². The summed E-state index contributed by atoms with van der Waals surface area (Å²) in [6, 6.07) is 6.88. The van der Waals surface area contributed by atoms with E-state index in [1.54, 1.807) is 0 Å². The van der Waals surface area contributed by atoms with E-state index in [0.29, 0.717) is 17.2 Å². The minimum atomic E-state index is -1.15. The topological polar surface area (TPSA) is 52.4 Å². The summed E-state index contributed by atoms with van der Waals surface area (Å²) in [6.07, 6.45) is 0. The van der Waals surface area contributed by atoms with E-state index in [1.165, 1.54) is 24.3 Å². The molecule has 0 N–H and O–H groups in total. The van der Waals surface area contributed by atoms with Gasteiger partial charge in [0.25, 0.3) is 0 Å². The van der Waals surface area contributed by atoms with Gasteiger partial charge in [-0.25, -0.2) is 8.78 Å². The quantitative estimate of drug-likeness (QED) is 0.623. The Morgan fingerprint density at radius 3 is 2.37 bits per heavy atom. The first kappa shape index (κ1) is 13.2. The standard InChI is InChI=1S/C12H6ClF2NO3/c13-7-1-3-9(4-2-7)19-12-10(15)5-8(14)6-11(12)16(17)18/h1-6H. The molecule has 0 spiro atoms. The zero-order valence-corrected chi connectivity index (χ0v) is 10.0. The van der Waals surface area contributed by atoms with E-state index in [2.05, 4.69) is 0 Å². The van der Waals surface area contributed by atoms with Crippen molar-refractivity contribution < 1.29 is 18.4 Å². The summed E-state index contributed by atoms with van der Waals surface area (Å²) in [4.78, 5) is 9.82. The molecule has 4 nitrogen and oxygen atoms in total. The summed E-state index contributed by atoms with van der Waals surface area (Å²) < 4.78 is 31.6. The zero-order valence-electron chi connectivity index (χ0n) is 9.27. The Kier molecular flexibility index (Phi) is 3.62. The van der Waals surface area contributed by atoms with Gasteiger partial charge in [-0.2, -0.15) is 0 Å². The molecule has 0 radical (unpaired) electrons. The van der Waals surface area contributed by atoms with E-state index in [0.717, 1.165) is 0 Å². The molecule has 0 aromatic heterocycles. The van der Waals surface area contributed by atoms with E-state index >= 15 is 0 Å². The van der Waals surface area contributed by atoms with Crippen LogP contribution in [0.2, 0.25) is 5.02 Å². The van der Waals surface area contributed by atoms with Gasteiger partial charge in [0.05, 0.1) is 11.0 Å². The lowest BCUT2D eigenvalue weighted by Crippen LogP contribution is -1.97. The summed E-state index contributed by atoms with van der Waals surface area (Å²) in [5, 5.41) is 11.2. The van der Waals surface area contributed by atoms with Gasteiger partial charge in [0, 0.05) is 11.1 Å². The van der Waals surface area contributed by atoms with Gasteiger partial charge >= 0.3 is 5.69 Å². The van der Waals surface area contributed by atoms with Gasteiger partial charge in [0.15, 0.2) is 5.82 Å². The second kappa shape index (κ2) is 5.19. The number of benzene rings is 2. The summed E-state index contributed by atoms with van der Waals surface area (Å²) in [5.41, 5.74) is -0.785. The monoisotopic (exact) mass is 285 g/mol. The van der Waals surface area contributed by atoms with Crippen LogP contribution in [0.15, 0.2) is 36.4 Å². The molecule has 0 aliphatic heterocycles. The third-order valence-electron chi connectivity index (χ3n) is 2.22. The molecule has 0 aliphatic carbocycles. The van der Waals surface area contributed by atoms with Gasteiger partial charge in [-0.15, -0.1) is 0 Å². The van der Waals surface area contributed by atoms with Crippen molar-refractivity contribution in [3.05, 3.63) is 63.2 Å². The Morgan fingerprint density at radius 1 is 1.16 bits per heavy atom. The highest BCUT2D eigenvalue weighted by Gasteiger charge is 2.22. The van der Waals surface area contributed by atoms with Gasteiger partial charge in [0.2, 0.25) is 5.75 Å². The van der Waals surface area contributed by atoms with Crippen LogP contribution in [0.3, 0.4) is 0 Å². The van der Waals surface area contributed by atoms with Crippen molar-refractivity contribution in [3.8, 4) is 11.5 Å². The maximum atomic E-state index is 13.5. The van der Waals surface area contributed by atoms with Crippen LogP contribution in [0.5, 0.6) is 11.5 Å². The summed E-state index contributed by atoms with van der Waals surface area (Å²) in [5.74, 6) is -2.69. The Labute approximate surface area is 111 Å². The van der Waals surface area contributed by atoms with Gasteiger partial charge < -0.3 is 4.74 Å². The molecule has 0 unspecified atom stereocenters. The SMILES string of the molecule is O=[N+]([O-])c1cc(F)cc(F)c1Oc1ccc(Cl)cc1. The number of nitro groups is 1. The first-order chi connectivity index (χ1) is 8.97. The molecule has 2 aromatic rings. The van der Waals surface area contributed by atoms with Crippen molar-refractivity contribution in [1.82, 2.24) is 0 Å². The second-order valence-electron chi connectivity index (χ2n) is 3.55. The lowest BCUT2D eigenvalue weighted by atomic mass is 10.2. The molecule has 98 valence electrons. The predicted octanol–water partition coefficient (Wildman–Crippen LogP) is 4.32. The molecular weight excluding hydrogens is 280 g/mol. The number of hydrogen-bond acceptors (Lipinski definition) is 3. The van der Waals surface area contributed by atoms with Crippen LogP contribution in [0.4, 0.5) is 14.5 Å². The molecule has 7 heteroatoms. The fourth-order valence-corrected chi connectivity index (χ4v) is 1.53. The van der Waals surface area contributed by atoms with Crippen molar-refractivity contribution in [1.29, 1.82) is 0 Å². The van der Waals surface area contributed by atoms with Crippen molar-refractivity contribution in [3.63, 3.8) is 0 Å². The van der Waals surface area contributed by atoms with Crippen LogP contribution in [0.1, 0.15) is 0 Å². The van der Waals surface area contributed by atoms with Crippen LogP contribution in [0, 0.1) is 21.7 Å². The Hall–Kier alpha value is -2.21. The fourth-order valence-electron chi connectivity index (χ4n) is 1.40. The third-order valence-corrected chi connectivity index (χ3v) is 2.47. The molecule has 0 saturated heterocycles. The number of nitro benzene ring substituents is 1. The average molecular weight is 286 g/mol. The molecule has 0 fully saturated rings. The summed E-state index contributed by atoms with van der Waals surface area (Å²) in [7, 11) is 0. The first-order valence-electron chi connectivity index (χ1n) is 5.04. The Morgan fingerprint density at radius 2 is 1.79 bits per heavy atom. The highest BCUT2D eigenvalue weighted by molar-refractivity contribution is 6.30. The highest BCUT2D eigenvalue weighted by atomic mass is 35.5. The highest BCUT2D eigenvalue weighted by Crippen LogP contribution is 2.35. The summed E-state index contributed by atoms with van der Waals surface area (Å²) in [6.45, 7) is 0. The predicted molar refractivity (Wildman–Crippen MR) is 64.5 cm³/mol. The third kappa shape index (κ3) is 2.97. The second-order valence-corrected chi connectivity index (χ2v) is 3.99. The lowest BCUT2D eigenvalue weighted by Gasteiger charge is -2.07. The molecule has 0 aliphatic rings. The van der Waals surface area contributed by atoms with Crippen LogP contribution in [-0.4, -0.2) is 4.92 Å². The molecule has 2 rings (SSSR count). The fraction of sp³-hybridized carbons (Fsp3) is 0. The number of halogens is 3. The average Bonchev–Trinajstić information content (AvgIpc) is 2.34. The van der Waals surface area contributed by atoms with Crippen LogP contribution in [-0.2, 0) is 0 Å². The first-order valence-corrected chi connectivity index (χ1v) is 5.42. The Balaban J connectivity index is 2.44. The molecule has 0 bridgehead atoms. The molecule has 0 amide bonds. The van der Waals surface area contributed by atoms with Crippen molar-refractivity contribution >= 4 is 17.3 Å². The van der Waals surface area contributed by atoms with E-state index in [9.17, 15) is 18.9 Å². The molecular formula is C12H6ClF2NO3. The Bertz CT molecular complexity index is 632. The minimum absolute atomic E-state index is 0.151. The van der Waals surface area contributed by atoms with Crippen molar-refractivity contribution in [2.75, 3.05) is 0 Å². The maximum absolute atomic E-state index is 13.5. The molecule has 0 heterocycles. The number of ether oxygens (including phenoxy) is 1.